The second-order valence-corrected chi connectivity index (χ2v) is 16.7. The summed E-state index contributed by atoms with van der Waals surface area (Å²) in [6, 6.07) is 15.0. The molecular weight excluding hydrogens is 831 g/mol. The largest absolute Gasteiger partial charge is 0.492 e. The summed E-state index contributed by atoms with van der Waals surface area (Å²) in [7, 11) is 1.43. The molecular formula is C47H59N11O7. The van der Waals surface area contributed by atoms with E-state index in [0.29, 0.717) is 45.3 Å². The lowest BCUT2D eigenvalue weighted by atomic mass is 9.87. The molecule has 0 saturated heterocycles. The van der Waals surface area contributed by atoms with E-state index < -0.39 is 53.7 Å². The Morgan fingerprint density at radius 2 is 1.57 bits per heavy atom. The first kappa shape index (κ1) is 49.1. The van der Waals surface area contributed by atoms with Gasteiger partial charge in [0.15, 0.2) is 5.82 Å². The summed E-state index contributed by atoms with van der Waals surface area (Å²) in [4.78, 5) is 80.3. The topological polar surface area (TPSA) is 283 Å². The third-order valence-electron chi connectivity index (χ3n) is 10.9. The fourth-order valence-corrected chi connectivity index (χ4v) is 7.25. The Morgan fingerprint density at radius 1 is 0.923 bits per heavy atom. The highest BCUT2D eigenvalue weighted by Gasteiger charge is 2.35. The Hall–Kier alpha value is -6.94. The number of carbonyl (C=O) groups is 5. The number of amides is 5. The van der Waals surface area contributed by atoms with Crippen LogP contribution < -0.4 is 47.9 Å². The number of hydrogen-bond acceptors (Lipinski definition) is 13. The zero-order chi connectivity index (χ0) is 47.4. The number of likely N-dealkylation sites (N-methyl/N-ethyl adjacent to an activating group) is 1. The van der Waals surface area contributed by atoms with Gasteiger partial charge in [-0.1, -0.05) is 57.2 Å². The summed E-state index contributed by atoms with van der Waals surface area (Å²) >= 11 is 0. The number of aromatic nitrogens is 2. The van der Waals surface area contributed by atoms with Crippen LogP contribution in [0.3, 0.4) is 0 Å². The highest BCUT2D eigenvalue weighted by molar-refractivity contribution is 5.99. The molecule has 18 heteroatoms. The Kier molecular flexibility index (Phi) is 16.7. The fraction of sp³-hybridized carbons (Fsp3) is 0.404. The molecule has 1 aromatic heterocycles. The van der Waals surface area contributed by atoms with Gasteiger partial charge in [0.25, 0.3) is 5.91 Å². The molecule has 3 aromatic carbocycles. The molecule has 18 nitrogen and oxygen atoms in total. The van der Waals surface area contributed by atoms with E-state index in [-0.39, 0.29) is 63.2 Å². The maximum absolute atomic E-state index is 14.5. The minimum Gasteiger partial charge on any atom is -0.492 e. The monoisotopic (exact) mass is 889 g/mol. The minimum absolute atomic E-state index is 0.0158. The molecule has 344 valence electrons. The van der Waals surface area contributed by atoms with E-state index in [1.54, 1.807) is 43.3 Å². The van der Waals surface area contributed by atoms with Gasteiger partial charge in [-0.3, -0.25) is 24.0 Å². The van der Waals surface area contributed by atoms with Crippen molar-refractivity contribution in [2.75, 3.05) is 46.4 Å². The minimum atomic E-state index is -1.32. The van der Waals surface area contributed by atoms with Gasteiger partial charge in [0.2, 0.25) is 23.6 Å². The number of nitrogens with two attached hydrogens (primary N) is 3. The van der Waals surface area contributed by atoms with Crippen LogP contribution in [0.15, 0.2) is 66.9 Å². The molecule has 4 aromatic rings. The third kappa shape index (κ3) is 12.2. The van der Waals surface area contributed by atoms with Crippen molar-refractivity contribution >= 4 is 29.5 Å². The van der Waals surface area contributed by atoms with Crippen molar-refractivity contribution in [1.29, 1.82) is 5.26 Å². The molecule has 4 atom stereocenters. The lowest BCUT2D eigenvalue weighted by molar-refractivity contribution is -0.141. The van der Waals surface area contributed by atoms with Gasteiger partial charge in [-0.15, -0.1) is 0 Å². The lowest BCUT2D eigenvalue weighted by Crippen LogP contribution is -2.58. The molecule has 0 spiro atoms. The third-order valence-corrected chi connectivity index (χ3v) is 10.9. The predicted octanol–water partition coefficient (Wildman–Crippen LogP) is 1.92. The zero-order valence-corrected chi connectivity index (χ0v) is 37.7. The van der Waals surface area contributed by atoms with Crippen LogP contribution in [0.2, 0.25) is 0 Å². The number of hydrogen-bond donors (Lipinski definition) is 7. The molecule has 4 bridgehead atoms. The number of aryl methyl sites for hydroxylation is 1. The Morgan fingerprint density at radius 3 is 2.17 bits per heavy atom. The quantitative estimate of drug-likeness (QED) is 0.0842. The van der Waals surface area contributed by atoms with E-state index in [1.165, 1.54) is 25.1 Å². The summed E-state index contributed by atoms with van der Waals surface area (Å²) in [5.41, 5.74) is 21.9. The molecule has 5 rings (SSSR count). The highest BCUT2D eigenvalue weighted by atomic mass is 16.5. The standard InChI is InChI=1S/C47H59N11O7/c1-27-35(26-53-41(54-27)30-8-11-32(12-9-30)47(3,4)5)43(60)56-36(15-16-48)46(63)58(6)37-24-29-7-13-38(64-21-18-50)33(23-29)34-25-31(10-14-39(34)65-22-19-51)40(45(62)52-20-17-49)57-42(59)28(2)55-44(37)61/h7-14,23,25-26,28,36-37,40H,15-16,18-22,24,48,50-51H2,1-6H3,(H,52,62)(H,55,61)(H,56,60)(H,57,59)/t28-,36-,37-,40-/m0/s1. The molecule has 1 aliphatic heterocycles. The second-order valence-electron chi connectivity index (χ2n) is 16.7. The molecule has 65 heavy (non-hydrogen) atoms. The molecule has 2 heterocycles. The van der Waals surface area contributed by atoms with Crippen LogP contribution in [0.25, 0.3) is 22.5 Å². The molecule has 0 unspecified atom stereocenters. The van der Waals surface area contributed by atoms with Crippen molar-refractivity contribution in [3.8, 4) is 40.1 Å². The van der Waals surface area contributed by atoms with E-state index in [0.717, 1.165) is 11.1 Å². The van der Waals surface area contributed by atoms with Crippen molar-refractivity contribution in [2.24, 2.45) is 17.2 Å². The zero-order valence-electron chi connectivity index (χ0n) is 37.7. The van der Waals surface area contributed by atoms with Gasteiger partial charge in [-0.05, 0) is 73.2 Å². The van der Waals surface area contributed by atoms with Crippen LogP contribution in [0, 0.1) is 18.3 Å². The first-order valence-corrected chi connectivity index (χ1v) is 21.4. The Labute approximate surface area is 379 Å². The van der Waals surface area contributed by atoms with Gasteiger partial charge in [0.1, 0.15) is 55.4 Å². The second kappa shape index (κ2) is 22.1. The lowest BCUT2D eigenvalue weighted by Gasteiger charge is -2.32. The van der Waals surface area contributed by atoms with Crippen LogP contribution in [0.4, 0.5) is 0 Å². The number of benzene rings is 3. The number of nitrogens with one attached hydrogen (secondary N) is 4. The van der Waals surface area contributed by atoms with E-state index >= 15 is 0 Å². The fourth-order valence-electron chi connectivity index (χ4n) is 7.25. The average Bonchev–Trinajstić information content (AvgIpc) is 3.29. The molecule has 10 N–H and O–H groups in total. The van der Waals surface area contributed by atoms with Crippen LogP contribution in [-0.2, 0) is 31.0 Å². The maximum Gasteiger partial charge on any atom is 0.255 e. The molecule has 0 radical (unpaired) electrons. The smallest absolute Gasteiger partial charge is 0.255 e. The Balaban J connectivity index is 1.52. The van der Waals surface area contributed by atoms with Gasteiger partial charge in [-0.25, -0.2) is 9.97 Å². The average molecular weight is 890 g/mol. The predicted molar refractivity (Wildman–Crippen MR) is 244 cm³/mol. The number of rotatable bonds is 15. The van der Waals surface area contributed by atoms with Gasteiger partial charge < -0.3 is 52.8 Å². The van der Waals surface area contributed by atoms with E-state index in [2.05, 4.69) is 52.0 Å². The van der Waals surface area contributed by atoms with Gasteiger partial charge >= 0.3 is 0 Å². The van der Waals surface area contributed by atoms with Crippen molar-refractivity contribution in [3.63, 3.8) is 0 Å². The number of carbonyl (C=O) groups excluding carboxylic acids is 5. The number of nitriles is 1. The van der Waals surface area contributed by atoms with Crippen LogP contribution in [-0.4, -0.2) is 109 Å². The SMILES string of the molecule is Cc1nc(-c2ccc(C(C)(C)C)cc2)ncc1C(=O)N[C@@H](CCN)C(=O)N(C)[C@H]1Cc2ccc(OCCN)c(c2)-c2cc(ccc2OCCN)[C@@H](C(=O)NCC#N)NC(=O)[C@H](C)NC1=O. The summed E-state index contributed by atoms with van der Waals surface area (Å²) < 4.78 is 12.1. The summed E-state index contributed by atoms with van der Waals surface area (Å²) in [6.45, 7) is 9.85. The molecule has 0 saturated carbocycles. The van der Waals surface area contributed by atoms with Crippen LogP contribution >= 0.6 is 0 Å². The van der Waals surface area contributed by atoms with Crippen molar-refractivity contribution < 1.29 is 33.4 Å². The number of nitrogens with zero attached hydrogens (tertiary/aromatic N) is 4. The first-order valence-electron chi connectivity index (χ1n) is 21.4. The van der Waals surface area contributed by atoms with Crippen molar-refractivity contribution in [3.05, 3.63) is 94.8 Å². The van der Waals surface area contributed by atoms with Crippen LogP contribution in [0.1, 0.15) is 72.9 Å². The summed E-state index contributed by atoms with van der Waals surface area (Å²) in [5.74, 6) is -2.14. The molecule has 5 amide bonds. The molecule has 0 fully saturated rings. The highest BCUT2D eigenvalue weighted by Crippen LogP contribution is 2.39. The number of ether oxygens (including phenoxy) is 2. The van der Waals surface area contributed by atoms with Crippen molar-refractivity contribution in [2.45, 2.75) is 77.0 Å². The van der Waals surface area contributed by atoms with E-state index in [4.69, 9.17) is 26.7 Å². The normalized spacial score (nSPS) is 16.7. The van der Waals surface area contributed by atoms with E-state index in [1.807, 2.05) is 30.3 Å². The number of fused-ring (bicyclic) bond motifs is 5. The van der Waals surface area contributed by atoms with Gasteiger partial charge in [-0.2, -0.15) is 5.26 Å². The summed E-state index contributed by atoms with van der Waals surface area (Å²) in [5, 5.41) is 19.9. The van der Waals surface area contributed by atoms with Gasteiger partial charge in [0.05, 0.1) is 17.3 Å². The molecule has 0 aliphatic carbocycles. The summed E-state index contributed by atoms with van der Waals surface area (Å²) in [6.07, 6.45) is 1.38. The Bertz CT molecular complexity index is 2410. The van der Waals surface area contributed by atoms with E-state index in [9.17, 15) is 29.2 Å². The molecule has 1 aliphatic rings. The van der Waals surface area contributed by atoms with Gasteiger partial charge in [0, 0.05) is 49.4 Å². The maximum atomic E-state index is 14.5. The van der Waals surface area contributed by atoms with Crippen molar-refractivity contribution in [1.82, 2.24) is 36.1 Å². The van der Waals surface area contributed by atoms with Crippen LogP contribution in [0.5, 0.6) is 11.5 Å². The first-order chi connectivity index (χ1) is 31.0.